The highest BCUT2D eigenvalue weighted by Crippen LogP contribution is 2.33. The molecule has 1 saturated heterocycles. The van der Waals surface area contributed by atoms with Crippen LogP contribution in [0.2, 0.25) is 0 Å². The minimum atomic E-state index is -0.413. The number of carbonyl (C=O) groups is 1. The van der Waals surface area contributed by atoms with Crippen molar-refractivity contribution in [2.45, 2.75) is 0 Å². The van der Waals surface area contributed by atoms with Gasteiger partial charge in [-0.25, -0.2) is 0 Å². The van der Waals surface area contributed by atoms with Crippen LogP contribution >= 0.6 is 31.9 Å². The molecule has 0 bridgehead atoms. The summed E-state index contributed by atoms with van der Waals surface area (Å²) in [6.45, 7) is 2.47. The molecule has 1 fully saturated rings. The smallest absolute Gasteiger partial charge is 0.269 e. The van der Waals surface area contributed by atoms with E-state index in [0.29, 0.717) is 31.9 Å². The molecule has 0 spiro atoms. The van der Waals surface area contributed by atoms with Crippen LogP contribution in [0.5, 0.6) is 5.75 Å². The predicted molar refractivity (Wildman–Crippen MR) is 109 cm³/mol. The van der Waals surface area contributed by atoms with Crippen molar-refractivity contribution in [3.8, 4) is 5.75 Å². The van der Waals surface area contributed by atoms with Crippen molar-refractivity contribution in [2.24, 2.45) is 0 Å². The number of hydrogen-bond acceptors (Lipinski definition) is 5. The van der Waals surface area contributed by atoms with Crippen LogP contribution in [0.3, 0.4) is 0 Å². The largest absolute Gasteiger partial charge is 0.481 e. The van der Waals surface area contributed by atoms with Gasteiger partial charge in [-0.1, -0.05) is 6.07 Å². The van der Waals surface area contributed by atoms with E-state index in [-0.39, 0.29) is 18.2 Å². The Morgan fingerprint density at radius 1 is 1.04 bits per heavy atom. The Bertz CT molecular complexity index is 817. The predicted octanol–water partition coefficient (Wildman–Crippen LogP) is 3.85. The summed E-state index contributed by atoms with van der Waals surface area (Å²) >= 11 is 6.82. The summed E-state index contributed by atoms with van der Waals surface area (Å²) in [7, 11) is 0. The molecule has 1 aliphatic heterocycles. The molecule has 0 aromatic heterocycles. The molecule has 142 valence electrons. The molecular weight excluding hydrogens is 482 g/mol. The number of para-hydroxylation sites is 1. The van der Waals surface area contributed by atoms with Gasteiger partial charge in [-0.15, -0.1) is 0 Å². The van der Waals surface area contributed by atoms with Crippen LogP contribution in [0.25, 0.3) is 0 Å². The number of rotatable bonds is 5. The van der Waals surface area contributed by atoms with E-state index in [1.807, 2.05) is 18.2 Å². The fraction of sp³-hybridized carbons (Fsp3) is 0.278. The van der Waals surface area contributed by atoms with Gasteiger partial charge in [0, 0.05) is 44.0 Å². The van der Waals surface area contributed by atoms with Gasteiger partial charge in [0.05, 0.1) is 13.9 Å². The number of piperazine rings is 1. The van der Waals surface area contributed by atoms with Crippen molar-refractivity contribution in [1.29, 1.82) is 0 Å². The number of hydrogen-bond donors (Lipinski definition) is 0. The molecule has 1 amide bonds. The SMILES string of the molecule is O=C(COc1c(Br)cccc1Br)N1CCN(c2ccc([N+](=O)[O-])cc2)CC1. The van der Waals surface area contributed by atoms with E-state index in [9.17, 15) is 14.9 Å². The quantitative estimate of drug-likeness (QED) is 0.462. The zero-order chi connectivity index (χ0) is 19.4. The molecule has 0 unspecified atom stereocenters. The third-order valence-electron chi connectivity index (χ3n) is 4.32. The molecule has 27 heavy (non-hydrogen) atoms. The molecule has 2 aromatic rings. The van der Waals surface area contributed by atoms with Gasteiger partial charge in [-0.3, -0.25) is 14.9 Å². The minimum Gasteiger partial charge on any atom is -0.481 e. The van der Waals surface area contributed by atoms with E-state index < -0.39 is 4.92 Å². The van der Waals surface area contributed by atoms with E-state index >= 15 is 0 Å². The summed E-state index contributed by atoms with van der Waals surface area (Å²) in [6, 6.07) is 12.1. The van der Waals surface area contributed by atoms with Crippen LogP contribution in [0, 0.1) is 10.1 Å². The molecule has 2 aromatic carbocycles. The summed E-state index contributed by atoms with van der Waals surface area (Å²) < 4.78 is 7.24. The van der Waals surface area contributed by atoms with Gasteiger partial charge in [0.25, 0.3) is 11.6 Å². The Labute approximate surface area is 173 Å². The Kier molecular flexibility index (Phi) is 6.33. The number of amides is 1. The average Bonchev–Trinajstić information content (AvgIpc) is 2.67. The second-order valence-electron chi connectivity index (χ2n) is 5.98. The average molecular weight is 499 g/mol. The maximum atomic E-state index is 12.4. The molecule has 0 saturated carbocycles. The number of nitro benzene ring substituents is 1. The van der Waals surface area contributed by atoms with Crippen LogP contribution in [-0.4, -0.2) is 48.5 Å². The summed E-state index contributed by atoms with van der Waals surface area (Å²) in [5, 5.41) is 10.7. The minimum absolute atomic E-state index is 0.0290. The van der Waals surface area contributed by atoms with Crippen molar-refractivity contribution >= 4 is 49.1 Å². The fourth-order valence-corrected chi connectivity index (χ4v) is 4.07. The lowest BCUT2D eigenvalue weighted by atomic mass is 10.2. The lowest BCUT2D eigenvalue weighted by Gasteiger charge is -2.36. The van der Waals surface area contributed by atoms with Crippen molar-refractivity contribution in [2.75, 3.05) is 37.7 Å². The first kappa shape index (κ1) is 19.6. The van der Waals surface area contributed by atoms with E-state index in [4.69, 9.17) is 4.74 Å². The first-order chi connectivity index (χ1) is 13.0. The number of anilines is 1. The van der Waals surface area contributed by atoms with Gasteiger partial charge in [-0.2, -0.15) is 0 Å². The number of benzene rings is 2. The van der Waals surface area contributed by atoms with E-state index in [1.54, 1.807) is 17.0 Å². The highest BCUT2D eigenvalue weighted by molar-refractivity contribution is 9.11. The Balaban J connectivity index is 1.52. The summed E-state index contributed by atoms with van der Waals surface area (Å²) in [5.41, 5.74) is 0.990. The topological polar surface area (TPSA) is 75.9 Å². The maximum absolute atomic E-state index is 12.4. The second-order valence-corrected chi connectivity index (χ2v) is 7.69. The van der Waals surface area contributed by atoms with Crippen LogP contribution in [0.4, 0.5) is 11.4 Å². The molecule has 0 N–H and O–H groups in total. The maximum Gasteiger partial charge on any atom is 0.269 e. The second kappa shape index (κ2) is 8.71. The monoisotopic (exact) mass is 497 g/mol. The van der Waals surface area contributed by atoms with Gasteiger partial charge >= 0.3 is 0 Å². The molecule has 0 atom stereocenters. The normalized spacial score (nSPS) is 14.1. The van der Waals surface area contributed by atoms with Crippen molar-refractivity contribution in [1.82, 2.24) is 4.90 Å². The zero-order valence-corrected chi connectivity index (χ0v) is 17.5. The van der Waals surface area contributed by atoms with Gasteiger partial charge in [0.15, 0.2) is 6.61 Å². The molecule has 1 aliphatic rings. The van der Waals surface area contributed by atoms with Gasteiger partial charge < -0.3 is 14.5 Å². The fourth-order valence-electron chi connectivity index (χ4n) is 2.84. The first-order valence-electron chi connectivity index (χ1n) is 8.29. The Hall–Kier alpha value is -2.13. The lowest BCUT2D eigenvalue weighted by Crippen LogP contribution is -2.50. The van der Waals surface area contributed by atoms with Crippen LogP contribution < -0.4 is 9.64 Å². The number of non-ortho nitro benzene ring substituents is 1. The van der Waals surface area contributed by atoms with Crippen molar-refractivity contribution in [3.05, 3.63) is 61.5 Å². The molecule has 9 heteroatoms. The third-order valence-corrected chi connectivity index (χ3v) is 5.57. The highest BCUT2D eigenvalue weighted by atomic mass is 79.9. The lowest BCUT2D eigenvalue weighted by molar-refractivity contribution is -0.384. The number of nitro groups is 1. The summed E-state index contributed by atoms with van der Waals surface area (Å²) in [4.78, 5) is 26.6. The van der Waals surface area contributed by atoms with E-state index in [1.165, 1.54) is 12.1 Å². The van der Waals surface area contributed by atoms with E-state index in [0.717, 1.165) is 14.6 Å². The molecule has 0 aliphatic carbocycles. The number of nitrogens with zero attached hydrogens (tertiary/aromatic N) is 3. The number of carbonyl (C=O) groups excluding carboxylic acids is 1. The standard InChI is InChI=1S/C18H17Br2N3O4/c19-15-2-1-3-16(20)18(15)27-12-17(24)22-10-8-21(9-11-22)13-4-6-14(7-5-13)23(25)26/h1-7H,8-12H2. The molecule has 1 heterocycles. The van der Waals surface area contributed by atoms with Gasteiger partial charge in [0.2, 0.25) is 0 Å². The van der Waals surface area contributed by atoms with Crippen LogP contribution in [0.15, 0.2) is 51.4 Å². The molecular formula is C18H17Br2N3O4. The first-order valence-corrected chi connectivity index (χ1v) is 9.88. The van der Waals surface area contributed by atoms with Crippen LogP contribution in [-0.2, 0) is 4.79 Å². The Morgan fingerprint density at radius 2 is 1.63 bits per heavy atom. The highest BCUT2D eigenvalue weighted by Gasteiger charge is 2.22. The third kappa shape index (κ3) is 4.78. The summed E-state index contributed by atoms with van der Waals surface area (Å²) in [5.74, 6) is 0.538. The van der Waals surface area contributed by atoms with Crippen LogP contribution in [0.1, 0.15) is 0 Å². The Morgan fingerprint density at radius 3 is 2.19 bits per heavy atom. The van der Waals surface area contributed by atoms with Crippen molar-refractivity contribution < 1.29 is 14.5 Å². The summed E-state index contributed by atoms with van der Waals surface area (Å²) in [6.07, 6.45) is 0. The van der Waals surface area contributed by atoms with Gasteiger partial charge in [-0.05, 0) is 56.1 Å². The van der Waals surface area contributed by atoms with Crippen molar-refractivity contribution in [3.63, 3.8) is 0 Å². The van der Waals surface area contributed by atoms with Gasteiger partial charge in [0.1, 0.15) is 5.75 Å². The number of ether oxygens (including phenoxy) is 1. The van der Waals surface area contributed by atoms with E-state index in [2.05, 4.69) is 36.8 Å². The molecule has 3 rings (SSSR count). The molecule has 0 radical (unpaired) electrons. The number of halogens is 2. The zero-order valence-electron chi connectivity index (χ0n) is 14.3. The molecule has 7 nitrogen and oxygen atoms in total.